The maximum absolute atomic E-state index is 8.21. The number of hydrogen-bond acceptors (Lipinski definition) is 5. The third-order valence-electron chi connectivity index (χ3n) is 7.78. The van der Waals surface area contributed by atoms with Gasteiger partial charge in [0.25, 0.3) is 0 Å². The van der Waals surface area contributed by atoms with E-state index < -0.39 is 0 Å². The first kappa shape index (κ1) is 26.5. The summed E-state index contributed by atoms with van der Waals surface area (Å²) in [7, 11) is 0. The van der Waals surface area contributed by atoms with Crippen molar-refractivity contribution in [3.05, 3.63) is 138 Å². The van der Waals surface area contributed by atoms with Gasteiger partial charge in [0.1, 0.15) is 17.6 Å². The number of allylic oxidation sites excluding steroid dienone is 1. The fourth-order valence-corrected chi connectivity index (χ4v) is 5.50. The van der Waals surface area contributed by atoms with Gasteiger partial charge in [0.2, 0.25) is 0 Å². The number of nitrogens with zero attached hydrogens (tertiary/aromatic N) is 5. The molecule has 7 nitrogen and oxygen atoms in total. The van der Waals surface area contributed by atoms with Crippen molar-refractivity contribution in [3.8, 4) is 0 Å². The monoisotopic (exact) mass is 539 g/mol. The fourth-order valence-electron chi connectivity index (χ4n) is 5.50. The Balaban J connectivity index is 1.10. The minimum Gasteiger partial charge on any atom is -0.387 e. The van der Waals surface area contributed by atoms with E-state index in [-0.39, 0.29) is 17.8 Å². The first-order chi connectivity index (χ1) is 20.1. The smallest absolute Gasteiger partial charge is 0.172 e. The van der Waals surface area contributed by atoms with Gasteiger partial charge in [-0.25, -0.2) is 4.99 Å². The van der Waals surface area contributed by atoms with Crippen LogP contribution in [0.1, 0.15) is 46.8 Å². The lowest BCUT2D eigenvalue weighted by Gasteiger charge is -2.31. The van der Waals surface area contributed by atoms with Crippen LogP contribution >= 0.6 is 0 Å². The normalized spacial score (nSPS) is 18.1. The largest absolute Gasteiger partial charge is 0.387 e. The average molecular weight is 540 g/mol. The number of nitrogens with one attached hydrogen (secondary N) is 1. The van der Waals surface area contributed by atoms with Crippen LogP contribution in [0.4, 0.5) is 0 Å². The molecule has 1 fully saturated rings. The summed E-state index contributed by atoms with van der Waals surface area (Å²) in [5.41, 5.74) is 13.7. The molecule has 6 rings (SSSR count). The lowest BCUT2D eigenvalue weighted by Crippen LogP contribution is -2.38. The number of aliphatic imine (C=N–C) groups is 2. The second kappa shape index (κ2) is 12.2. The number of piperidine rings is 1. The van der Waals surface area contributed by atoms with Crippen LogP contribution in [0.25, 0.3) is 5.57 Å². The zero-order valence-electron chi connectivity index (χ0n) is 22.9. The summed E-state index contributed by atoms with van der Waals surface area (Å²) in [4.78, 5) is 20.4. The average Bonchev–Trinajstić information content (AvgIpc) is 3.49. The van der Waals surface area contributed by atoms with Crippen LogP contribution in [-0.2, 0) is 6.54 Å². The minimum atomic E-state index is -0.0514. The predicted octanol–water partition coefficient (Wildman–Crippen LogP) is 5.70. The molecule has 0 amide bonds. The molecule has 3 N–H and O–H groups in total. The van der Waals surface area contributed by atoms with Crippen LogP contribution in [0.5, 0.6) is 0 Å². The van der Waals surface area contributed by atoms with Gasteiger partial charge in [-0.1, -0.05) is 60.7 Å². The topological polar surface area (TPSA) is 104 Å². The molecule has 0 spiro atoms. The molecule has 41 heavy (non-hydrogen) atoms. The van der Waals surface area contributed by atoms with Gasteiger partial charge in [-0.2, -0.15) is 0 Å². The van der Waals surface area contributed by atoms with Crippen molar-refractivity contribution in [3.63, 3.8) is 0 Å². The molecule has 7 heteroatoms. The standard InChI is InChI=1S/C34H33N7/c35-33(40-34(36)30-10-4-5-18-38-30)27-15-19-41(20-16-27)23-24-11-13-26(14-12-24)32-29(25-7-2-1-3-8-25)21-31(39-32)28-9-6-17-37-22-28/h1-14,17-18,21-22,27,32H,15-16,19-20,23H2,(H3,35,36,40). The highest BCUT2D eigenvalue weighted by molar-refractivity contribution is 6.15. The molecule has 0 saturated carbocycles. The molecule has 0 bridgehead atoms. The summed E-state index contributed by atoms with van der Waals surface area (Å²) in [5, 5.41) is 8.21. The van der Waals surface area contributed by atoms with Gasteiger partial charge in [-0.05, 0) is 78.5 Å². The molecule has 2 aromatic carbocycles. The van der Waals surface area contributed by atoms with Crippen molar-refractivity contribution >= 4 is 23.0 Å². The molecule has 204 valence electrons. The number of benzene rings is 2. The first-order valence-corrected chi connectivity index (χ1v) is 14.0. The van der Waals surface area contributed by atoms with Gasteiger partial charge >= 0.3 is 0 Å². The van der Waals surface area contributed by atoms with Crippen LogP contribution in [0, 0.1) is 11.3 Å². The number of likely N-dealkylation sites (tertiary alicyclic amines) is 1. The minimum absolute atomic E-state index is 0.0514. The summed E-state index contributed by atoms with van der Waals surface area (Å²) in [5.74, 6) is 0.847. The zero-order chi connectivity index (χ0) is 28.0. The maximum Gasteiger partial charge on any atom is 0.172 e. The number of aromatic nitrogens is 2. The maximum atomic E-state index is 8.21. The molecule has 1 saturated heterocycles. The highest BCUT2D eigenvalue weighted by Gasteiger charge is 2.25. The Morgan fingerprint density at radius 3 is 2.34 bits per heavy atom. The molecule has 4 aromatic rings. The van der Waals surface area contributed by atoms with Crippen LogP contribution in [0.3, 0.4) is 0 Å². The second-order valence-electron chi connectivity index (χ2n) is 10.5. The quantitative estimate of drug-likeness (QED) is 0.232. The Morgan fingerprint density at radius 1 is 0.878 bits per heavy atom. The Kier molecular flexibility index (Phi) is 7.87. The Hall–Kier alpha value is -4.75. The van der Waals surface area contributed by atoms with Crippen molar-refractivity contribution in [2.24, 2.45) is 21.6 Å². The Labute approximate surface area is 240 Å². The van der Waals surface area contributed by atoms with Crippen molar-refractivity contribution in [2.45, 2.75) is 25.4 Å². The predicted molar refractivity (Wildman–Crippen MR) is 165 cm³/mol. The van der Waals surface area contributed by atoms with Crippen molar-refractivity contribution in [2.75, 3.05) is 13.1 Å². The second-order valence-corrected chi connectivity index (χ2v) is 10.5. The number of rotatable bonds is 7. The van der Waals surface area contributed by atoms with Crippen molar-refractivity contribution < 1.29 is 0 Å². The summed E-state index contributed by atoms with van der Waals surface area (Å²) >= 11 is 0. The highest BCUT2D eigenvalue weighted by atomic mass is 15.1. The third-order valence-corrected chi connectivity index (χ3v) is 7.78. The van der Waals surface area contributed by atoms with E-state index in [0.717, 1.165) is 43.8 Å². The fraction of sp³-hybridized carbons (Fsp3) is 0.206. The van der Waals surface area contributed by atoms with Crippen molar-refractivity contribution in [1.29, 1.82) is 5.41 Å². The molecule has 1 atom stereocenters. The number of nitrogens with two attached hydrogens (primary N) is 1. The van der Waals surface area contributed by atoms with Crippen LogP contribution in [0.2, 0.25) is 0 Å². The summed E-state index contributed by atoms with van der Waals surface area (Å²) in [6.07, 6.45) is 9.39. The summed E-state index contributed by atoms with van der Waals surface area (Å²) in [6, 6.07) is 28.8. The molecule has 2 aromatic heterocycles. The van der Waals surface area contributed by atoms with Gasteiger partial charge < -0.3 is 5.73 Å². The molecule has 1 unspecified atom stereocenters. The Bertz CT molecular complexity index is 1570. The lowest BCUT2D eigenvalue weighted by atomic mass is 9.93. The third kappa shape index (κ3) is 6.21. The molecule has 2 aliphatic rings. The molecule has 0 radical (unpaired) electrons. The van der Waals surface area contributed by atoms with Gasteiger partial charge in [0, 0.05) is 36.6 Å². The van der Waals surface area contributed by atoms with E-state index in [9.17, 15) is 0 Å². The van der Waals surface area contributed by atoms with E-state index in [2.05, 4.69) is 80.5 Å². The summed E-state index contributed by atoms with van der Waals surface area (Å²) < 4.78 is 0. The number of hydrogen-bond donors (Lipinski definition) is 2. The van der Waals surface area contributed by atoms with Gasteiger partial charge in [-0.3, -0.25) is 25.3 Å². The first-order valence-electron chi connectivity index (χ1n) is 14.0. The summed E-state index contributed by atoms with van der Waals surface area (Å²) in [6.45, 7) is 2.79. The molecule has 4 heterocycles. The zero-order valence-corrected chi connectivity index (χ0v) is 22.9. The van der Waals surface area contributed by atoms with Crippen molar-refractivity contribution in [1.82, 2.24) is 14.9 Å². The molecule has 2 aliphatic heterocycles. The lowest BCUT2D eigenvalue weighted by molar-refractivity contribution is 0.201. The highest BCUT2D eigenvalue weighted by Crippen LogP contribution is 2.38. The van der Waals surface area contributed by atoms with Gasteiger partial charge in [-0.15, -0.1) is 0 Å². The SMILES string of the molecule is N=C(N=C(N)C1CCN(Cc2ccc(C3N=C(c4cccnc4)C=C3c3ccccc3)cc2)CC1)c1ccccn1. The van der Waals surface area contributed by atoms with Crippen LogP contribution in [-0.4, -0.2) is 45.3 Å². The number of pyridine rings is 2. The molecule has 0 aliphatic carbocycles. The van der Waals surface area contributed by atoms with E-state index >= 15 is 0 Å². The van der Waals surface area contributed by atoms with E-state index in [1.807, 2.05) is 30.5 Å². The van der Waals surface area contributed by atoms with E-state index in [1.54, 1.807) is 18.5 Å². The molecular formula is C34H33N7. The van der Waals surface area contributed by atoms with E-state index in [0.29, 0.717) is 11.5 Å². The van der Waals surface area contributed by atoms with E-state index in [4.69, 9.17) is 16.1 Å². The van der Waals surface area contributed by atoms with Gasteiger partial charge in [0.15, 0.2) is 5.84 Å². The van der Waals surface area contributed by atoms with E-state index in [1.165, 1.54) is 22.3 Å². The molecular weight excluding hydrogens is 506 g/mol. The van der Waals surface area contributed by atoms with Crippen LogP contribution in [0.15, 0.2) is 120 Å². The van der Waals surface area contributed by atoms with Crippen LogP contribution < -0.4 is 5.73 Å². The number of amidine groups is 2. The van der Waals surface area contributed by atoms with Gasteiger partial charge in [0.05, 0.1) is 5.71 Å². The Morgan fingerprint density at radius 2 is 1.63 bits per heavy atom.